The zero-order valence-corrected chi connectivity index (χ0v) is 17.6. The van der Waals surface area contributed by atoms with Gasteiger partial charge in [-0.1, -0.05) is 47.5 Å². The molecule has 3 rings (SSSR count). The molecule has 0 fully saturated rings. The lowest BCUT2D eigenvalue weighted by atomic mass is 10.1. The molecular weight excluding hydrogens is 399 g/mol. The van der Waals surface area contributed by atoms with Gasteiger partial charge in [-0.15, -0.1) is 0 Å². The highest BCUT2D eigenvalue weighted by atomic mass is 35.5. The van der Waals surface area contributed by atoms with Crippen molar-refractivity contribution in [3.8, 4) is 0 Å². The van der Waals surface area contributed by atoms with E-state index in [2.05, 4.69) is 34.8 Å². The molecule has 0 saturated heterocycles. The standard InChI is InChI=1S/C20H20Cl2N4S/c1-12-6-4-5-7-15(12)11-26-14(3)19(13(2)25-26)24-20(27)23-18-9-16(21)8-17(22)10-18/h4-10H,11H2,1-3H3,(H2,23,24,27). The number of anilines is 2. The number of nitrogens with zero attached hydrogens (tertiary/aromatic N) is 2. The van der Waals surface area contributed by atoms with Gasteiger partial charge in [-0.3, -0.25) is 4.68 Å². The van der Waals surface area contributed by atoms with E-state index in [0.29, 0.717) is 21.7 Å². The Hall–Kier alpha value is -2.08. The van der Waals surface area contributed by atoms with Gasteiger partial charge in [0.15, 0.2) is 5.11 Å². The van der Waals surface area contributed by atoms with Gasteiger partial charge in [-0.25, -0.2) is 0 Å². The molecule has 0 bridgehead atoms. The summed E-state index contributed by atoms with van der Waals surface area (Å²) in [6.07, 6.45) is 0. The summed E-state index contributed by atoms with van der Waals surface area (Å²) in [5, 5.41) is 12.6. The molecule has 4 nitrogen and oxygen atoms in total. The summed E-state index contributed by atoms with van der Waals surface area (Å²) in [5.74, 6) is 0. The minimum Gasteiger partial charge on any atom is -0.332 e. The molecule has 0 aliphatic rings. The van der Waals surface area contributed by atoms with E-state index in [1.54, 1.807) is 18.2 Å². The number of thiocarbonyl (C=S) groups is 1. The Labute approximate surface area is 174 Å². The Balaban J connectivity index is 1.76. The van der Waals surface area contributed by atoms with E-state index in [4.69, 9.17) is 35.4 Å². The molecule has 0 saturated carbocycles. The van der Waals surface area contributed by atoms with Gasteiger partial charge in [-0.2, -0.15) is 5.10 Å². The van der Waals surface area contributed by atoms with Crippen LogP contribution < -0.4 is 10.6 Å². The fourth-order valence-electron chi connectivity index (χ4n) is 2.88. The van der Waals surface area contributed by atoms with Crippen molar-refractivity contribution in [2.75, 3.05) is 10.6 Å². The molecule has 0 aliphatic carbocycles. The maximum absolute atomic E-state index is 6.04. The van der Waals surface area contributed by atoms with Gasteiger partial charge in [0.1, 0.15) is 0 Å². The van der Waals surface area contributed by atoms with Gasteiger partial charge in [0, 0.05) is 15.7 Å². The summed E-state index contributed by atoms with van der Waals surface area (Å²) in [6, 6.07) is 13.5. The monoisotopic (exact) mass is 418 g/mol. The van der Waals surface area contributed by atoms with Crippen molar-refractivity contribution in [2.45, 2.75) is 27.3 Å². The van der Waals surface area contributed by atoms with Gasteiger partial charge in [-0.05, 0) is 62.3 Å². The van der Waals surface area contributed by atoms with Crippen LogP contribution in [0.1, 0.15) is 22.5 Å². The van der Waals surface area contributed by atoms with Crippen LogP contribution in [0.2, 0.25) is 10.0 Å². The van der Waals surface area contributed by atoms with E-state index in [0.717, 1.165) is 22.8 Å². The Morgan fingerprint density at radius 1 is 1.04 bits per heavy atom. The van der Waals surface area contributed by atoms with E-state index in [1.165, 1.54) is 11.1 Å². The van der Waals surface area contributed by atoms with Crippen LogP contribution in [-0.4, -0.2) is 14.9 Å². The predicted octanol–water partition coefficient (Wildman–Crippen LogP) is 5.97. The van der Waals surface area contributed by atoms with Crippen LogP contribution in [0.25, 0.3) is 0 Å². The van der Waals surface area contributed by atoms with E-state index >= 15 is 0 Å². The van der Waals surface area contributed by atoms with E-state index in [-0.39, 0.29) is 0 Å². The van der Waals surface area contributed by atoms with Crippen LogP contribution in [0.15, 0.2) is 42.5 Å². The molecule has 0 radical (unpaired) electrons. The minimum absolute atomic E-state index is 0.454. The highest BCUT2D eigenvalue weighted by molar-refractivity contribution is 7.80. The van der Waals surface area contributed by atoms with Gasteiger partial charge < -0.3 is 10.6 Å². The number of aryl methyl sites for hydroxylation is 2. The highest BCUT2D eigenvalue weighted by Crippen LogP contribution is 2.24. The van der Waals surface area contributed by atoms with Crippen LogP contribution >= 0.6 is 35.4 Å². The first kappa shape index (κ1) is 19.7. The van der Waals surface area contributed by atoms with Crippen LogP contribution in [0.5, 0.6) is 0 Å². The largest absolute Gasteiger partial charge is 0.332 e. The predicted molar refractivity (Wildman–Crippen MR) is 118 cm³/mol. The summed E-state index contributed by atoms with van der Waals surface area (Å²) < 4.78 is 1.98. The molecule has 2 aromatic carbocycles. The average Bonchev–Trinajstić information content (AvgIpc) is 2.83. The van der Waals surface area contributed by atoms with Crippen molar-refractivity contribution in [1.29, 1.82) is 0 Å². The zero-order valence-electron chi connectivity index (χ0n) is 15.3. The maximum Gasteiger partial charge on any atom is 0.175 e. The third-order valence-corrected chi connectivity index (χ3v) is 4.96. The zero-order chi connectivity index (χ0) is 19.6. The quantitative estimate of drug-likeness (QED) is 0.511. The number of rotatable bonds is 4. The number of halogens is 2. The molecule has 1 aromatic heterocycles. The molecule has 0 aliphatic heterocycles. The number of hydrogen-bond acceptors (Lipinski definition) is 2. The Morgan fingerprint density at radius 2 is 1.70 bits per heavy atom. The summed E-state index contributed by atoms with van der Waals surface area (Å²) in [6.45, 7) is 6.81. The third kappa shape index (κ3) is 4.80. The topological polar surface area (TPSA) is 41.9 Å². The van der Waals surface area contributed by atoms with Gasteiger partial charge in [0.05, 0.1) is 23.6 Å². The van der Waals surface area contributed by atoms with Crippen molar-refractivity contribution < 1.29 is 0 Å². The van der Waals surface area contributed by atoms with Crippen molar-refractivity contribution in [3.63, 3.8) is 0 Å². The van der Waals surface area contributed by atoms with Gasteiger partial charge >= 0.3 is 0 Å². The van der Waals surface area contributed by atoms with Crippen molar-refractivity contribution in [2.24, 2.45) is 0 Å². The fourth-order valence-corrected chi connectivity index (χ4v) is 3.63. The molecule has 3 aromatic rings. The highest BCUT2D eigenvalue weighted by Gasteiger charge is 2.14. The van der Waals surface area contributed by atoms with Crippen LogP contribution in [0.4, 0.5) is 11.4 Å². The number of benzene rings is 2. The first-order chi connectivity index (χ1) is 12.8. The normalized spacial score (nSPS) is 10.7. The third-order valence-electron chi connectivity index (χ3n) is 4.32. The van der Waals surface area contributed by atoms with E-state index in [9.17, 15) is 0 Å². The second-order valence-corrected chi connectivity index (χ2v) is 7.65. The lowest BCUT2D eigenvalue weighted by molar-refractivity contribution is 0.657. The summed E-state index contributed by atoms with van der Waals surface area (Å²) >= 11 is 17.5. The summed E-state index contributed by atoms with van der Waals surface area (Å²) in [7, 11) is 0. The van der Waals surface area contributed by atoms with E-state index < -0.39 is 0 Å². The lowest BCUT2D eigenvalue weighted by Crippen LogP contribution is -2.20. The molecule has 140 valence electrons. The summed E-state index contributed by atoms with van der Waals surface area (Å²) in [5.41, 5.74) is 6.01. The maximum atomic E-state index is 6.04. The fraction of sp³-hybridized carbons (Fsp3) is 0.200. The minimum atomic E-state index is 0.454. The summed E-state index contributed by atoms with van der Waals surface area (Å²) in [4.78, 5) is 0. The Bertz CT molecular complexity index is 977. The molecule has 7 heteroatoms. The second kappa shape index (κ2) is 8.30. The van der Waals surface area contributed by atoms with Crippen LogP contribution in [0.3, 0.4) is 0 Å². The molecule has 1 heterocycles. The Kier molecular flexibility index (Phi) is 6.05. The average molecular weight is 419 g/mol. The van der Waals surface area contributed by atoms with Crippen molar-refractivity contribution >= 4 is 51.9 Å². The van der Waals surface area contributed by atoms with Crippen LogP contribution in [-0.2, 0) is 6.54 Å². The SMILES string of the molecule is Cc1ccccc1Cn1nc(C)c(NC(=S)Nc2cc(Cl)cc(Cl)c2)c1C. The molecule has 0 spiro atoms. The molecule has 0 amide bonds. The van der Waals surface area contributed by atoms with Gasteiger partial charge in [0.2, 0.25) is 0 Å². The van der Waals surface area contributed by atoms with Crippen molar-refractivity contribution in [3.05, 3.63) is 75.0 Å². The molecule has 0 atom stereocenters. The Morgan fingerprint density at radius 3 is 2.37 bits per heavy atom. The number of aromatic nitrogens is 2. The van der Waals surface area contributed by atoms with Crippen LogP contribution in [0, 0.1) is 20.8 Å². The molecule has 27 heavy (non-hydrogen) atoms. The molecular formula is C20H20Cl2N4S. The molecule has 2 N–H and O–H groups in total. The number of hydrogen-bond donors (Lipinski definition) is 2. The smallest absolute Gasteiger partial charge is 0.175 e. The first-order valence-electron chi connectivity index (χ1n) is 8.46. The molecule has 0 unspecified atom stereocenters. The first-order valence-corrected chi connectivity index (χ1v) is 9.62. The van der Waals surface area contributed by atoms with E-state index in [1.807, 2.05) is 30.7 Å². The second-order valence-electron chi connectivity index (χ2n) is 6.37. The van der Waals surface area contributed by atoms with Crippen molar-refractivity contribution in [1.82, 2.24) is 9.78 Å². The lowest BCUT2D eigenvalue weighted by Gasteiger charge is -2.12. The number of nitrogens with one attached hydrogen (secondary N) is 2. The van der Waals surface area contributed by atoms with Gasteiger partial charge in [0.25, 0.3) is 0 Å².